The van der Waals surface area contributed by atoms with E-state index in [-0.39, 0.29) is 12.3 Å². The van der Waals surface area contributed by atoms with Gasteiger partial charge in [-0.3, -0.25) is 9.59 Å². The first-order valence-electron chi connectivity index (χ1n) is 12.8. The smallest absolute Gasteiger partial charge is 0.239 e. The molecule has 1 atom stereocenters. The number of carbonyl (C=O) groups is 2. The molecule has 2 amide bonds. The lowest BCUT2D eigenvalue weighted by molar-refractivity contribution is -0.128. The molecule has 0 fully saturated rings. The maximum absolute atomic E-state index is 13.5. The predicted octanol–water partition coefficient (Wildman–Crippen LogP) is 6.13. The molecule has 3 rings (SSSR count). The van der Waals surface area contributed by atoms with Gasteiger partial charge in [-0.15, -0.1) is 0 Å². The number of hydrogen-bond acceptors (Lipinski definition) is 2. The second kappa shape index (κ2) is 13.5. The van der Waals surface area contributed by atoms with Crippen LogP contribution in [0.3, 0.4) is 0 Å². The van der Waals surface area contributed by atoms with Gasteiger partial charge < -0.3 is 11.1 Å². The molecular weight excluding hydrogens is 432 g/mol. The van der Waals surface area contributed by atoms with Crippen LogP contribution in [0.4, 0.5) is 0 Å². The molecule has 3 N–H and O–H groups in total. The lowest BCUT2D eigenvalue weighted by Crippen LogP contribution is -2.47. The van der Waals surface area contributed by atoms with E-state index in [1.807, 2.05) is 54.6 Å². The monoisotopic (exact) mass is 470 g/mol. The minimum absolute atomic E-state index is 0.172. The van der Waals surface area contributed by atoms with Crippen molar-refractivity contribution in [1.29, 1.82) is 0 Å². The first kappa shape index (κ1) is 26.2. The maximum atomic E-state index is 13.5. The Morgan fingerprint density at radius 2 is 1.14 bits per heavy atom. The molecule has 4 nitrogen and oxygen atoms in total. The molecule has 184 valence electrons. The van der Waals surface area contributed by atoms with Gasteiger partial charge >= 0.3 is 0 Å². The summed E-state index contributed by atoms with van der Waals surface area (Å²) >= 11 is 0. The van der Waals surface area contributed by atoms with Crippen LogP contribution < -0.4 is 11.1 Å². The lowest BCUT2D eigenvalue weighted by atomic mass is 9.67. The van der Waals surface area contributed by atoms with Crippen molar-refractivity contribution in [3.63, 3.8) is 0 Å². The summed E-state index contributed by atoms with van der Waals surface area (Å²) in [6.07, 6.45) is 7.45. The van der Waals surface area contributed by atoms with Crippen molar-refractivity contribution in [2.24, 2.45) is 5.73 Å². The van der Waals surface area contributed by atoms with Crippen molar-refractivity contribution in [3.8, 4) is 0 Å². The van der Waals surface area contributed by atoms with Gasteiger partial charge in [0.25, 0.3) is 0 Å². The standard InChI is InChI=1S/C31H38N2O2/c1-2-3-4-5-6-16-23-28(30(32)35)33-29(34)24-31(25-17-10-7-11-18-25,26-19-12-8-13-20-26)27-21-14-9-15-22-27/h7-15,17-22,28H,2-6,16,23-24H2,1H3,(H2,32,35)(H,33,34)/t28-/m0/s1. The number of unbranched alkanes of at least 4 members (excludes halogenated alkanes) is 5. The van der Waals surface area contributed by atoms with Gasteiger partial charge in [0.1, 0.15) is 6.04 Å². The molecule has 0 spiro atoms. The van der Waals surface area contributed by atoms with Crippen LogP contribution in [0.5, 0.6) is 0 Å². The SMILES string of the molecule is CCCCCCCC[C@H](NC(=O)CC(c1ccccc1)(c1ccccc1)c1ccccc1)C(N)=O. The third-order valence-corrected chi connectivity index (χ3v) is 6.75. The number of amides is 2. The third-order valence-electron chi connectivity index (χ3n) is 6.75. The second-order valence-corrected chi connectivity index (χ2v) is 9.26. The highest BCUT2D eigenvalue weighted by Crippen LogP contribution is 2.42. The van der Waals surface area contributed by atoms with Gasteiger partial charge in [0.05, 0.1) is 5.41 Å². The van der Waals surface area contributed by atoms with Crippen molar-refractivity contribution in [3.05, 3.63) is 108 Å². The average Bonchev–Trinajstić information content (AvgIpc) is 2.90. The minimum Gasteiger partial charge on any atom is -0.368 e. The Morgan fingerprint density at radius 1 is 0.714 bits per heavy atom. The molecule has 3 aromatic rings. The maximum Gasteiger partial charge on any atom is 0.239 e. The summed E-state index contributed by atoms with van der Waals surface area (Å²) in [5, 5.41) is 2.97. The van der Waals surface area contributed by atoms with E-state index in [1.165, 1.54) is 19.3 Å². The third kappa shape index (κ3) is 7.05. The van der Waals surface area contributed by atoms with E-state index in [0.717, 1.165) is 36.0 Å². The van der Waals surface area contributed by atoms with Gasteiger partial charge in [-0.2, -0.15) is 0 Å². The molecule has 0 aliphatic carbocycles. The van der Waals surface area contributed by atoms with E-state index >= 15 is 0 Å². The Bertz CT molecular complexity index is 939. The Labute approximate surface area is 210 Å². The van der Waals surface area contributed by atoms with Crippen molar-refractivity contribution in [2.75, 3.05) is 0 Å². The number of benzene rings is 3. The molecule has 0 aliphatic rings. The molecule has 0 aliphatic heterocycles. The highest BCUT2D eigenvalue weighted by Gasteiger charge is 2.39. The number of nitrogens with two attached hydrogens (primary N) is 1. The Balaban J connectivity index is 1.87. The number of rotatable bonds is 14. The van der Waals surface area contributed by atoms with Gasteiger partial charge in [-0.1, -0.05) is 136 Å². The summed E-state index contributed by atoms with van der Waals surface area (Å²) in [6, 6.07) is 29.7. The normalized spacial score (nSPS) is 12.1. The van der Waals surface area contributed by atoms with Crippen molar-refractivity contribution in [2.45, 2.75) is 69.7 Å². The number of carbonyl (C=O) groups excluding carboxylic acids is 2. The van der Waals surface area contributed by atoms with Crippen molar-refractivity contribution >= 4 is 11.8 Å². The zero-order valence-corrected chi connectivity index (χ0v) is 20.8. The summed E-state index contributed by atoms with van der Waals surface area (Å²) in [7, 11) is 0. The molecule has 0 bridgehead atoms. The zero-order chi connectivity index (χ0) is 24.9. The zero-order valence-electron chi connectivity index (χ0n) is 20.8. The first-order chi connectivity index (χ1) is 17.1. The van der Waals surface area contributed by atoms with Crippen LogP contribution in [0.15, 0.2) is 91.0 Å². The molecule has 0 radical (unpaired) electrons. The molecule has 35 heavy (non-hydrogen) atoms. The molecular formula is C31H38N2O2. The number of nitrogens with one attached hydrogen (secondary N) is 1. The van der Waals surface area contributed by atoms with Crippen LogP contribution in [0, 0.1) is 0 Å². The van der Waals surface area contributed by atoms with E-state index in [0.29, 0.717) is 6.42 Å². The summed E-state index contributed by atoms with van der Waals surface area (Å²) in [4.78, 5) is 25.7. The average molecular weight is 471 g/mol. The van der Waals surface area contributed by atoms with Crippen molar-refractivity contribution < 1.29 is 9.59 Å². The molecule has 0 saturated heterocycles. The summed E-state index contributed by atoms with van der Waals surface area (Å²) in [5.74, 6) is -0.659. The molecule has 0 aromatic heterocycles. The Kier molecular flexibility index (Phi) is 10.1. The highest BCUT2D eigenvalue weighted by atomic mass is 16.2. The van der Waals surface area contributed by atoms with E-state index in [1.54, 1.807) is 0 Å². The predicted molar refractivity (Wildman–Crippen MR) is 143 cm³/mol. The number of hydrogen-bond donors (Lipinski definition) is 2. The quantitative estimate of drug-likeness (QED) is 0.220. The summed E-state index contributed by atoms with van der Waals surface area (Å²) < 4.78 is 0. The largest absolute Gasteiger partial charge is 0.368 e. The number of primary amides is 1. The minimum atomic E-state index is -0.698. The fourth-order valence-electron chi connectivity index (χ4n) is 4.87. The van der Waals surface area contributed by atoms with Gasteiger partial charge in [0.2, 0.25) is 11.8 Å². The van der Waals surface area contributed by atoms with Crippen LogP contribution in [0.1, 0.15) is 75.0 Å². The first-order valence-corrected chi connectivity index (χ1v) is 12.8. The fraction of sp³-hybridized carbons (Fsp3) is 0.355. The van der Waals surface area contributed by atoms with Crippen LogP contribution >= 0.6 is 0 Å². The van der Waals surface area contributed by atoms with E-state index in [4.69, 9.17) is 5.73 Å². The highest BCUT2D eigenvalue weighted by molar-refractivity contribution is 5.87. The van der Waals surface area contributed by atoms with Gasteiger partial charge in [-0.25, -0.2) is 0 Å². The Morgan fingerprint density at radius 3 is 1.57 bits per heavy atom. The molecule has 0 saturated carbocycles. The lowest BCUT2D eigenvalue weighted by Gasteiger charge is -2.36. The van der Waals surface area contributed by atoms with Crippen LogP contribution in [0.25, 0.3) is 0 Å². The van der Waals surface area contributed by atoms with Gasteiger partial charge in [-0.05, 0) is 23.1 Å². The van der Waals surface area contributed by atoms with Gasteiger partial charge in [0.15, 0.2) is 0 Å². The second-order valence-electron chi connectivity index (χ2n) is 9.26. The summed E-state index contributed by atoms with van der Waals surface area (Å²) in [5.41, 5.74) is 8.07. The molecule has 3 aromatic carbocycles. The summed E-state index contributed by atoms with van der Waals surface area (Å²) in [6.45, 7) is 2.19. The van der Waals surface area contributed by atoms with E-state index in [2.05, 4.69) is 48.6 Å². The fourth-order valence-corrected chi connectivity index (χ4v) is 4.87. The molecule has 0 heterocycles. The molecule has 4 heteroatoms. The van der Waals surface area contributed by atoms with Crippen LogP contribution in [0.2, 0.25) is 0 Å². The van der Waals surface area contributed by atoms with E-state index in [9.17, 15) is 9.59 Å². The Hall–Kier alpha value is -3.40. The van der Waals surface area contributed by atoms with Crippen LogP contribution in [-0.4, -0.2) is 17.9 Å². The molecule has 0 unspecified atom stereocenters. The van der Waals surface area contributed by atoms with Gasteiger partial charge in [0, 0.05) is 6.42 Å². The van der Waals surface area contributed by atoms with Crippen molar-refractivity contribution in [1.82, 2.24) is 5.32 Å². The van der Waals surface area contributed by atoms with E-state index < -0.39 is 17.4 Å². The topological polar surface area (TPSA) is 72.2 Å². The van der Waals surface area contributed by atoms with Crippen LogP contribution in [-0.2, 0) is 15.0 Å².